The van der Waals surface area contributed by atoms with Crippen molar-refractivity contribution in [3.63, 3.8) is 0 Å². The molecular weight excluding hydrogens is 346 g/mol. The molecule has 0 aliphatic rings. The van der Waals surface area contributed by atoms with Gasteiger partial charge in [0, 0.05) is 31.1 Å². The number of hydrogen-bond acceptors (Lipinski definition) is 4. The number of pyridine rings is 1. The normalized spacial score (nSPS) is 10.5. The molecule has 3 aromatic rings. The van der Waals surface area contributed by atoms with Gasteiger partial charge in [-0.3, -0.25) is 14.4 Å². The van der Waals surface area contributed by atoms with Gasteiger partial charge in [-0.25, -0.2) is 0 Å². The quantitative estimate of drug-likeness (QED) is 0.744. The van der Waals surface area contributed by atoms with E-state index in [9.17, 15) is 14.4 Å². The van der Waals surface area contributed by atoms with Crippen molar-refractivity contribution in [3.05, 3.63) is 64.4 Å². The van der Waals surface area contributed by atoms with Crippen molar-refractivity contribution in [2.75, 3.05) is 17.7 Å². The maximum absolute atomic E-state index is 12.9. The number of amides is 2. The van der Waals surface area contributed by atoms with Gasteiger partial charge >= 0.3 is 0 Å². The second-order valence-electron chi connectivity index (χ2n) is 6.02. The first-order valence-electron chi connectivity index (χ1n) is 8.26. The molecule has 27 heavy (non-hydrogen) atoms. The number of fused-ring (bicyclic) bond motifs is 1. The van der Waals surface area contributed by atoms with Crippen molar-refractivity contribution in [1.29, 1.82) is 0 Å². The van der Waals surface area contributed by atoms with Crippen molar-refractivity contribution >= 4 is 34.1 Å². The van der Waals surface area contributed by atoms with Crippen LogP contribution in [-0.2, 0) is 11.8 Å². The predicted molar refractivity (Wildman–Crippen MR) is 104 cm³/mol. The Balaban J connectivity index is 2.04. The van der Waals surface area contributed by atoms with E-state index in [2.05, 4.69) is 10.6 Å². The van der Waals surface area contributed by atoms with Gasteiger partial charge in [-0.1, -0.05) is 18.2 Å². The first-order valence-corrected chi connectivity index (χ1v) is 8.26. The maximum Gasteiger partial charge on any atom is 0.256 e. The van der Waals surface area contributed by atoms with E-state index in [0.29, 0.717) is 28.0 Å². The Labute approximate surface area is 155 Å². The highest BCUT2D eigenvalue weighted by molar-refractivity contribution is 6.13. The van der Waals surface area contributed by atoms with Crippen LogP contribution >= 0.6 is 0 Å². The lowest BCUT2D eigenvalue weighted by atomic mass is 10.1. The van der Waals surface area contributed by atoms with Crippen molar-refractivity contribution in [2.24, 2.45) is 7.05 Å². The second-order valence-corrected chi connectivity index (χ2v) is 6.02. The Hall–Kier alpha value is -3.61. The Bertz CT molecular complexity index is 1100. The molecule has 7 heteroatoms. The average Bonchev–Trinajstić information content (AvgIpc) is 2.64. The monoisotopic (exact) mass is 365 g/mol. The molecule has 0 bridgehead atoms. The summed E-state index contributed by atoms with van der Waals surface area (Å²) in [7, 11) is 3.14. The number of para-hydroxylation sites is 1. The van der Waals surface area contributed by atoms with Crippen LogP contribution in [0.2, 0.25) is 0 Å². The molecule has 0 saturated carbocycles. The van der Waals surface area contributed by atoms with Crippen LogP contribution in [0.5, 0.6) is 5.75 Å². The van der Waals surface area contributed by atoms with E-state index >= 15 is 0 Å². The number of methoxy groups -OCH3 is 1. The van der Waals surface area contributed by atoms with Gasteiger partial charge in [0.1, 0.15) is 5.75 Å². The number of benzene rings is 2. The standard InChI is InChI=1S/C20H19N3O4/c1-12(24)21-13-8-9-18(27-3)16(10-13)22-20(26)15-11-19(25)23(2)17-7-5-4-6-14(15)17/h4-11H,1-3H3,(H,21,24)(H,22,26). The number of rotatable bonds is 4. The largest absolute Gasteiger partial charge is 0.495 e. The second kappa shape index (κ2) is 7.33. The molecule has 2 N–H and O–H groups in total. The Morgan fingerprint density at radius 2 is 1.78 bits per heavy atom. The highest BCUT2D eigenvalue weighted by Crippen LogP contribution is 2.29. The molecule has 1 heterocycles. The third kappa shape index (κ3) is 3.67. The molecule has 2 aromatic carbocycles. The Kier molecular flexibility index (Phi) is 4.94. The van der Waals surface area contributed by atoms with Crippen molar-refractivity contribution in [3.8, 4) is 5.75 Å². The highest BCUT2D eigenvalue weighted by atomic mass is 16.5. The Morgan fingerprint density at radius 1 is 1.04 bits per heavy atom. The van der Waals surface area contributed by atoms with Crippen LogP contribution in [0.4, 0.5) is 11.4 Å². The van der Waals surface area contributed by atoms with Gasteiger partial charge in [-0.05, 0) is 24.3 Å². The van der Waals surface area contributed by atoms with E-state index in [1.54, 1.807) is 37.4 Å². The van der Waals surface area contributed by atoms with Gasteiger partial charge in [-0.15, -0.1) is 0 Å². The van der Waals surface area contributed by atoms with E-state index in [-0.39, 0.29) is 17.0 Å². The minimum absolute atomic E-state index is 0.227. The van der Waals surface area contributed by atoms with Gasteiger partial charge < -0.3 is 19.9 Å². The molecular formula is C20H19N3O4. The van der Waals surface area contributed by atoms with E-state index < -0.39 is 5.91 Å². The molecule has 0 unspecified atom stereocenters. The molecule has 0 aliphatic carbocycles. The predicted octanol–water partition coefficient (Wildman–Crippen LogP) is 2.76. The zero-order valence-corrected chi connectivity index (χ0v) is 15.2. The summed E-state index contributed by atoms with van der Waals surface area (Å²) >= 11 is 0. The summed E-state index contributed by atoms with van der Waals surface area (Å²) in [5.74, 6) is -0.234. The first-order chi connectivity index (χ1) is 12.9. The zero-order chi connectivity index (χ0) is 19.6. The number of carbonyl (C=O) groups is 2. The molecule has 138 valence electrons. The minimum Gasteiger partial charge on any atom is -0.495 e. The number of anilines is 2. The number of nitrogens with zero attached hydrogens (tertiary/aromatic N) is 1. The van der Waals surface area contributed by atoms with Crippen LogP contribution in [0.1, 0.15) is 17.3 Å². The molecule has 2 amide bonds. The van der Waals surface area contributed by atoms with E-state index in [1.807, 2.05) is 12.1 Å². The van der Waals surface area contributed by atoms with Gasteiger partial charge in [0.15, 0.2) is 0 Å². The third-order valence-corrected chi connectivity index (χ3v) is 4.17. The molecule has 0 aliphatic heterocycles. The summed E-state index contributed by atoms with van der Waals surface area (Å²) in [6, 6.07) is 13.4. The molecule has 1 aromatic heterocycles. The molecule has 0 fully saturated rings. The third-order valence-electron chi connectivity index (χ3n) is 4.17. The van der Waals surface area contributed by atoms with Crippen LogP contribution in [0, 0.1) is 0 Å². The highest BCUT2D eigenvalue weighted by Gasteiger charge is 2.16. The first kappa shape index (κ1) is 18.2. The van der Waals surface area contributed by atoms with Gasteiger partial charge in [0.25, 0.3) is 11.5 Å². The molecule has 0 radical (unpaired) electrons. The summed E-state index contributed by atoms with van der Waals surface area (Å²) in [6.45, 7) is 1.40. The average molecular weight is 365 g/mol. The van der Waals surface area contributed by atoms with Gasteiger partial charge in [-0.2, -0.15) is 0 Å². The fourth-order valence-corrected chi connectivity index (χ4v) is 2.87. The fourth-order valence-electron chi connectivity index (χ4n) is 2.87. The van der Waals surface area contributed by atoms with E-state index in [0.717, 1.165) is 0 Å². The van der Waals surface area contributed by atoms with Crippen molar-refractivity contribution < 1.29 is 14.3 Å². The molecule has 3 rings (SSSR count). The van der Waals surface area contributed by atoms with Crippen LogP contribution in [0.25, 0.3) is 10.9 Å². The summed E-state index contributed by atoms with van der Waals surface area (Å²) in [5.41, 5.74) is 1.55. The topological polar surface area (TPSA) is 89.4 Å². The van der Waals surface area contributed by atoms with E-state index in [1.165, 1.54) is 24.7 Å². The maximum atomic E-state index is 12.9. The smallest absolute Gasteiger partial charge is 0.256 e. The van der Waals surface area contributed by atoms with Crippen LogP contribution in [-0.4, -0.2) is 23.5 Å². The SMILES string of the molecule is COc1ccc(NC(C)=O)cc1NC(=O)c1cc(=O)n(C)c2ccccc12. The molecule has 0 atom stereocenters. The molecule has 7 nitrogen and oxygen atoms in total. The zero-order valence-electron chi connectivity index (χ0n) is 15.2. The van der Waals surface area contributed by atoms with Crippen LogP contribution in [0.3, 0.4) is 0 Å². The van der Waals surface area contributed by atoms with Gasteiger partial charge in [0.2, 0.25) is 5.91 Å². The summed E-state index contributed by atoms with van der Waals surface area (Å²) in [5, 5.41) is 6.08. The van der Waals surface area contributed by atoms with Gasteiger partial charge in [0.05, 0.1) is 23.9 Å². The van der Waals surface area contributed by atoms with Crippen molar-refractivity contribution in [1.82, 2.24) is 4.57 Å². The number of hydrogen-bond donors (Lipinski definition) is 2. The fraction of sp³-hybridized carbons (Fsp3) is 0.150. The minimum atomic E-state index is -0.442. The lowest BCUT2D eigenvalue weighted by Gasteiger charge is -2.14. The molecule has 0 saturated heterocycles. The summed E-state index contributed by atoms with van der Waals surface area (Å²) in [4.78, 5) is 36.4. The lowest BCUT2D eigenvalue weighted by Crippen LogP contribution is -2.21. The number of aromatic nitrogens is 1. The number of ether oxygens (including phenoxy) is 1. The molecule has 0 spiro atoms. The van der Waals surface area contributed by atoms with Crippen molar-refractivity contribution in [2.45, 2.75) is 6.92 Å². The number of carbonyl (C=O) groups excluding carboxylic acids is 2. The van der Waals surface area contributed by atoms with Crippen LogP contribution < -0.4 is 20.9 Å². The Morgan fingerprint density at radius 3 is 2.48 bits per heavy atom. The van der Waals surface area contributed by atoms with Crippen LogP contribution in [0.15, 0.2) is 53.3 Å². The lowest BCUT2D eigenvalue weighted by molar-refractivity contribution is -0.114. The summed E-state index contributed by atoms with van der Waals surface area (Å²) in [6.07, 6.45) is 0. The number of nitrogens with one attached hydrogen (secondary N) is 2. The van der Waals surface area contributed by atoms with E-state index in [4.69, 9.17) is 4.74 Å². The summed E-state index contributed by atoms with van der Waals surface area (Å²) < 4.78 is 6.77. The number of aryl methyl sites for hydroxylation is 1.